The molecule has 0 bridgehead atoms. The molecule has 5 nitrogen and oxygen atoms in total. The van der Waals surface area contributed by atoms with E-state index in [2.05, 4.69) is 33.6 Å². The first-order chi connectivity index (χ1) is 9.63. The highest BCUT2D eigenvalue weighted by molar-refractivity contribution is 6.29. The van der Waals surface area contributed by atoms with Crippen LogP contribution in [0.25, 0.3) is 0 Å². The van der Waals surface area contributed by atoms with Gasteiger partial charge in [0.25, 0.3) is 0 Å². The van der Waals surface area contributed by atoms with Crippen molar-refractivity contribution in [3.8, 4) is 0 Å². The monoisotopic (exact) mass is 294 g/mol. The number of halogens is 1. The second kappa shape index (κ2) is 7.26. The molecule has 0 unspecified atom stereocenters. The largest absolute Gasteiger partial charge is 0.338 e. The van der Waals surface area contributed by atoms with Crippen LogP contribution in [-0.4, -0.2) is 42.6 Å². The Kier molecular flexibility index (Phi) is 5.38. The minimum atomic E-state index is -0.220. The quantitative estimate of drug-likeness (QED) is 0.663. The van der Waals surface area contributed by atoms with Crippen molar-refractivity contribution in [1.82, 2.24) is 15.2 Å². The fourth-order valence-electron chi connectivity index (χ4n) is 2.00. The molecule has 1 aromatic heterocycles. The topological polar surface area (TPSA) is 57.3 Å². The Labute approximate surface area is 124 Å². The van der Waals surface area contributed by atoms with Crippen LogP contribution in [0.1, 0.15) is 12.8 Å². The molecule has 0 aliphatic carbocycles. The second-order valence-corrected chi connectivity index (χ2v) is 5.26. The van der Waals surface area contributed by atoms with E-state index >= 15 is 0 Å². The summed E-state index contributed by atoms with van der Waals surface area (Å²) in [6, 6.07) is 3.14. The van der Waals surface area contributed by atoms with E-state index < -0.39 is 0 Å². The zero-order valence-electron chi connectivity index (χ0n) is 11.5. The Balaban J connectivity index is 1.69. The molecule has 0 fully saturated rings. The standard InChI is InChI=1S/C14H19ClN4O/c1-19-8-5-11(6-9-19)4-7-16-14(20)18-12-2-3-13(15)17-10-12/h2-3,5,10H,4,6-9H2,1H3,(H2,16,18,20). The van der Waals surface area contributed by atoms with Gasteiger partial charge in [-0.1, -0.05) is 23.3 Å². The molecule has 2 amide bonds. The minimum absolute atomic E-state index is 0.220. The number of urea groups is 1. The normalized spacial score (nSPS) is 15.6. The van der Waals surface area contributed by atoms with E-state index in [-0.39, 0.29) is 6.03 Å². The van der Waals surface area contributed by atoms with Crippen LogP contribution in [0, 0.1) is 0 Å². The molecular weight excluding hydrogens is 276 g/mol. The molecule has 2 N–H and O–H groups in total. The van der Waals surface area contributed by atoms with Crippen molar-refractivity contribution in [2.45, 2.75) is 12.8 Å². The average molecular weight is 295 g/mol. The number of amides is 2. The van der Waals surface area contributed by atoms with Crippen molar-refractivity contribution in [1.29, 1.82) is 0 Å². The summed E-state index contributed by atoms with van der Waals surface area (Å²) >= 11 is 5.68. The van der Waals surface area contributed by atoms with Gasteiger partial charge in [0.1, 0.15) is 5.15 Å². The molecule has 2 rings (SSSR count). The lowest BCUT2D eigenvalue weighted by atomic mass is 10.1. The number of carbonyl (C=O) groups is 1. The predicted octanol–water partition coefficient (Wildman–Crippen LogP) is 2.51. The molecular formula is C14H19ClN4O. The van der Waals surface area contributed by atoms with Gasteiger partial charge in [-0.15, -0.1) is 0 Å². The summed E-state index contributed by atoms with van der Waals surface area (Å²) in [5.41, 5.74) is 2.04. The fourth-order valence-corrected chi connectivity index (χ4v) is 2.11. The van der Waals surface area contributed by atoms with Crippen molar-refractivity contribution >= 4 is 23.3 Å². The number of nitrogens with zero attached hydrogens (tertiary/aromatic N) is 2. The average Bonchev–Trinajstić information content (AvgIpc) is 2.44. The second-order valence-electron chi connectivity index (χ2n) is 4.88. The van der Waals surface area contributed by atoms with E-state index in [0.29, 0.717) is 17.4 Å². The first-order valence-electron chi connectivity index (χ1n) is 6.66. The summed E-state index contributed by atoms with van der Waals surface area (Å²) in [7, 11) is 2.11. The van der Waals surface area contributed by atoms with Crippen LogP contribution in [-0.2, 0) is 0 Å². The zero-order valence-corrected chi connectivity index (χ0v) is 12.3. The van der Waals surface area contributed by atoms with Crippen molar-refractivity contribution in [2.24, 2.45) is 0 Å². The van der Waals surface area contributed by atoms with E-state index in [1.54, 1.807) is 12.1 Å². The van der Waals surface area contributed by atoms with Gasteiger partial charge in [-0.25, -0.2) is 9.78 Å². The maximum atomic E-state index is 11.7. The van der Waals surface area contributed by atoms with Gasteiger partial charge < -0.3 is 15.5 Å². The van der Waals surface area contributed by atoms with Gasteiger partial charge in [0, 0.05) is 19.6 Å². The number of hydrogen-bond donors (Lipinski definition) is 2. The Morgan fingerprint density at radius 3 is 3.00 bits per heavy atom. The van der Waals surface area contributed by atoms with Crippen molar-refractivity contribution in [2.75, 3.05) is 32.0 Å². The summed E-state index contributed by atoms with van der Waals surface area (Å²) in [4.78, 5) is 17.9. The number of pyridine rings is 1. The molecule has 0 spiro atoms. The van der Waals surface area contributed by atoms with Crippen LogP contribution in [0.5, 0.6) is 0 Å². The SMILES string of the molecule is CN1CC=C(CCNC(=O)Nc2ccc(Cl)nc2)CC1. The van der Waals surface area contributed by atoms with Gasteiger partial charge in [0.05, 0.1) is 11.9 Å². The number of aromatic nitrogens is 1. The molecule has 20 heavy (non-hydrogen) atoms. The first kappa shape index (κ1) is 14.8. The van der Waals surface area contributed by atoms with Gasteiger partial charge in [-0.3, -0.25) is 0 Å². The number of likely N-dealkylation sites (N-methyl/N-ethyl adjacent to an activating group) is 1. The van der Waals surface area contributed by atoms with E-state index in [1.165, 1.54) is 11.8 Å². The first-order valence-corrected chi connectivity index (χ1v) is 7.04. The number of nitrogens with one attached hydrogen (secondary N) is 2. The molecule has 2 heterocycles. The Bertz CT molecular complexity index is 486. The molecule has 6 heteroatoms. The maximum absolute atomic E-state index is 11.7. The third-order valence-electron chi connectivity index (χ3n) is 3.22. The molecule has 0 aromatic carbocycles. The van der Waals surface area contributed by atoms with Crippen molar-refractivity contribution in [3.63, 3.8) is 0 Å². The lowest BCUT2D eigenvalue weighted by Gasteiger charge is -2.21. The third-order valence-corrected chi connectivity index (χ3v) is 3.45. The molecule has 0 atom stereocenters. The maximum Gasteiger partial charge on any atom is 0.319 e. The van der Waals surface area contributed by atoms with Crippen LogP contribution in [0.4, 0.5) is 10.5 Å². The molecule has 0 radical (unpaired) electrons. The zero-order chi connectivity index (χ0) is 14.4. The van der Waals surface area contributed by atoms with Crippen LogP contribution in [0.15, 0.2) is 30.0 Å². The van der Waals surface area contributed by atoms with Gasteiger partial charge in [-0.05, 0) is 32.0 Å². The Hall–Kier alpha value is -1.59. The van der Waals surface area contributed by atoms with E-state index in [1.807, 2.05) is 0 Å². The van der Waals surface area contributed by atoms with E-state index in [4.69, 9.17) is 11.6 Å². The Morgan fingerprint density at radius 2 is 2.35 bits per heavy atom. The van der Waals surface area contributed by atoms with E-state index in [9.17, 15) is 4.79 Å². The summed E-state index contributed by atoms with van der Waals surface area (Å²) in [6.45, 7) is 2.73. The third kappa shape index (κ3) is 4.83. The molecule has 0 saturated heterocycles. The highest BCUT2D eigenvalue weighted by atomic mass is 35.5. The number of hydrogen-bond acceptors (Lipinski definition) is 3. The number of rotatable bonds is 4. The fraction of sp³-hybridized carbons (Fsp3) is 0.429. The van der Waals surface area contributed by atoms with Crippen LogP contribution < -0.4 is 10.6 Å². The van der Waals surface area contributed by atoms with Gasteiger partial charge in [0.15, 0.2) is 0 Å². The predicted molar refractivity (Wildman–Crippen MR) is 81.1 cm³/mol. The molecule has 108 valence electrons. The summed E-state index contributed by atoms with van der Waals surface area (Å²) in [5, 5.41) is 5.96. The molecule has 1 aromatic rings. The lowest BCUT2D eigenvalue weighted by Crippen LogP contribution is -2.30. The van der Waals surface area contributed by atoms with Crippen molar-refractivity contribution < 1.29 is 4.79 Å². The molecule has 1 aliphatic rings. The summed E-state index contributed by atoms with van der Waals surface area (Å²) < 4.78 is 0. The van der Waals surface area contributed by atoms with E-state index in [0.717, 1.165) is 25.9 Å². The summed E-state index contributed by atoms with van der Waals surface area (Å²) in [5.74, 6) is 0. The number of anilines is 1. The number of carbonyl (C=O) groups excluding carboxylic acids is 1. The lowest BCUT2D eigenvalue weighted by molar-refractivity contribution is 0.252. The van der Waals surface area contributed by atoms with Crippen LogP contribution in [0.2, 0.25) is 5.15 Å². The van der Waals surface area contributed by atoms with Crippen LogP contribution in [0.3, 0.4) is 0 Å². The highest BCUT2D eigenvalue weighted by Gasteiger charge is 2.08. The molecule has 1 aliphatic heterocycles. The van der Waals surface area contributed by atoms with Crippen LogP contribution >= 0.6 is 11.6 Å². The Morgan fingerprint density at radius 1 is 1.50 bits per heavy atom. The van der Waals surface area contributed by atoms with Crippen molar-refractivity contribution in [3.05, 3.63) is 35.1 Å². The smallest absolute Gasteiger partial charge is 0.319 e. The summed E-state index contributed by atoms with van der Waals surface area (Å²) in [6.07, 6.45) is 5.76. The highest BCUT2D eigenvalue weighted by Crippen LogP contribution is 2.12. The van der Waals surface area contributed by atoms with Gasteiger partial charge in [0.2, 0.25) is 0 Å². The van der Waals surface area contributed by atoms with Gasteiger partial charge in [-0.2, -0.15) is 0 Å². The van der Waals surface area contributed by atoms with Gasteiger partial charge >= 0.3 is 6.03 Å². The molecule has 0 saturated carbocycles. The minimum Gasteiger partial charge on any atom is -0.338 e.